The molecular formula is C20H21N5O. The zero-order valence-electron chi connectivity index (χ0n) is 15.4. The summed E-state index contributed by atoms with van der Waals surface area (Å²) in [4.78, 5) is 8.96. The molecule has 0 spiro atoms. The molecule has 0 saturated carbocycles. The average Bonchev–Trinajstić information content (AvgIpc) is 3.13. The van der Waals surface area contributed by atoms with E-state index in [2.05, 4.69) is 46.1 Å². The Labute approximate surface area is 151 Å². The van der Waals surface area contributed by atoms with Crippen LogP contribution in [0.1, 0.15) is 22.7 Å². The largest absolute Gasteiger partial charge is 0.365 e. The van der Waals surface area contributed by atoms with Gasteiger partial charge in [0.15, 0.2) is 0 Å². The minimum Gasteiger partial charge on any atom is -0.365 e. The van der Waals surface area contributed by atoms with Crippen LogP contribution in [0.25, 0.3) is 22.2 Å². The van der Waals surface area contributed by atoms with Gasteiger partial charge in [-0.3, -0.25) is 4.98 Å². The fourth-order valence-corrected chi connectivity index (χ4v) is 3.25. The lowest BCUT2D eigenvalue weighted by Gasteiger charge is -2.10. The highest BCUT2D eigenvalue weighted by atomic mass is 16.5. The van der Waals surface area contributed by atoms with Crippen molar-refractivity contribution in [2.45, 2.75) is 27.3 Å². The molecule has 0 aliphatic heterocycles. The van der Waals surface area contributed by atoms with Gasteiger partial charge in [0.25, 0.3) is 0 Å². The van der Waals surface area contributed by atoms with Gasteiger partial charge in [-0.1, -0.05) is 5.16 Å². The standard InChI is InChI=1S/C20H21N5O/c1-12-9-16-18(25(12)4)10-17(19-13(2)24-26-14(19)3)23-20(16)22-11-15-5-7-21-8-6-15/h5-10H,11H2,1-4H3,(H,22,23). The Morgan fingerprint density at radius 3 is 2.58 bits per heavy atom. The molecule has 0 saturated heterocycles. The number of rotatable bonds is 4. The Morgan fingerprint density at radius 1 is 1.12 bits per heavy atom. The summed E-state index contributed by atoms with van der Waals surface area (Å²) < 4.78 is 7.52. The lowest BCUT2D eigenvalue weighted by molar-refractivity contribution is 0.393. The molecule has 4 rings (SSSR count). The van der Waals surface area contributed by atoms with Crippen LogP contribution in [-0.4, -0.2) is 19.7 Å². The third kappa shape index (κ3) is 2.73. The average molecular weight is 347 g/mol. The molecule has 6 nitrogen and oxygen atoms in total. The summed E-state index contributed by atoms with van der Waals surface area (Å²) in [6.45, 7) is 6.64. The first kappa shape index (κ1) is 16.3. The molecule has 0 aromatic carbocycles. The van der Waals surface area contributed by atoms with Crippen molar-refractivity contribution < 1.29 is 4.52 Å². The van der Waals surface area contributed by atoms with Crippen LogP contribution in [0.5, 0.6) is 0 Å². The van der Waals surface area contributed by atoms with Gasteiger partial charge in [0.05, 0.1) is 22.5 Å². The molecule has 132 valence electrons. The molecule has 0 aliphatic carbocycles. The Kier molecular flexibility index (Phi) is 3.95. The van der Waals surface area contributed by atoms with E-state index < -0.39 is 0 Å². The van der Waals surface area contributed by atoms with Crippen LogP contribution < -0.4 is 5.32 Å². The first-order valence-corrected chi connectivity index (χ1v) is 8.57. The molecule has 26 heavy (non-hydrogen) atoms. The van der Waals surface area contributed by atoms with Crippen molar-refractivity contribution in [2.75, 3.05) is 5.32 Å². The summed E-state index contributed by atoms with van der Waals surface area (Å²) in [5, 5.41) is 8.66. The smallest absolute Gasteiger partial charge is 0.143 e. The number of fused-ring (bicyclic) bond motifs is 1. The zero-order chi connectivity index (χ0) is 18.3. The lowest BCUT2D eigenvalue weighted by atomic mass is 10.1. The van der Waals surface area contributed by atoms with Crippen molar-refractivity contribution in [1.82, 2.24) is 19.7 Å². The Balaban J connectivity index is 1.83. The van der Waals surface area contributed by atoms with E-state index in [0.717, 1.165) is 45.0 Å². The molecule has 0 unspecified atom stereocenters. The van der Waals surface area contributed by atoms with Gasteiger partial charge in [-0.05, 0) is 50.6 Å². The molecular weight excluding hydrogens is 326 g/mol. The number of aryl methyl sites for hydroxylation is 4. The second kappa shape index (κ2) is 6.29. The highest BCUT2D eigenvalue weighted by Crippen LogP contribution is 2.32. The highest BCUT2D eigenvalue weighted by Gasteiger charge is 2.17. The van der Waals surface area contributed by atoms with Crippen LogP contribution in [0.4, 0.5) is 5.82 Å². The fourth-order valence-electron chi connectivity index (χ4n) is 3.25. The van der Waals surface area contributed by atoms with Crippen molar-refractivity contribution in [3.05, 3.63) is 59.4 Å². The minimum atomic E-state index is 0.684. The SMILES string of the molecule is Cc1noc(C)c1-c1cc2c(cc(C)n2C)c(NCc2ccncc2)n1. The van der Waals surface area contributed by atoms with E-state index >= 15 is 0 Å². The van der Waals surface area contributed by atoms with Gasteiger partial charge < -0.3 is 14.4 Å². The summed E-state index contributed by atoms with van der Waals surface area (Å²) in [5.74, 6) is 1.64. The van der Waals surface area contributed by atoms with Crippen LogP contribution >= 0.6 is 0 Å². The first-order valence-electron chi connectivity index (χ1n) is 8.57. The topological polar surface area (TPSA) is 68.8 Å². The van der Waals surface area contributed by atoms with E-state index in [-0.39, 0.29) is 0 Å². The fraction of sp³-hybridized carbons (Fsp3) is 0.250. The molecule has 0 bridgehead atoms. The van der Waals surface area contributed by atoms with E-state index in [9.17, 15) is 0 Å². The number of nitrogens with zero attached hydrogens (tertiary/aromatic N) is 4. The van der Waals surface area contributed by atoms with Gasteiger partial charge in [-0.15, -0.1) is 0 Å². The monoisotopic (exact) mass is 347 g/mol. The summed E-state index contributed by atoms with van der Waals surface area (Å²) in [5.41, 5.74) is 6.14. The first-order chi connectivity index (χ1) is 12.5. The number of nitrogens with one attached hydrogen (secondary N) is 1. The van der Waals surface area contributed by atoms with E-state index in [1.807, 2.05) is 26.0 Å². The summed E-state index contributed by atoms with van der Waals surface area (Å²) in [6, 6.07) is 8.26. The molecule has 0 fully saturated rings. The number of hydrogen-bond donors (Lipinski definition) is 1. The normalized spacial score (nSPS) is 11.2. The van der Waals surface area contributed by atoms with Crippen LogP contribution in [0, 0.1) is 20.8 Å². The Bertz CT molecular complexity index is 1060. The number of hydrogen-bond acceptors (Lipinski definition) is 5. The molecule has 1 N–H and O–H groups in total. The molecule has 4 aromatic rings. The third-order valence-electron chi connectivity index (χ3n) is 4.78. The predicted octanol–water partition coefficient (Wildman–Crippen LogP) is 4.16. The summed E-state index contributed by atoms with van der Waals surface area (Å²) >= 11 is 0. The van der Waals surface area contributed by atoms with Crippen molar-refractivity contribution in [2.24, 2.45) is 7.05 Å². The van der Waals surface area contributed by atoms with Crippen LogP contribution in [0.15, 0.2) is 41.2 Å². The van der Waals surface area contributed by atoms with E-state index in [0.29, 0.717) is 6.54 Å². The van der Waals surface area contributed by atoms with Crippen molar-refractivity contribution in [1.29, 1.82) is 0 Å². The predicted molar refractivity (Wildman–Crippen MR) is 102 cm³/mol. The zero-order valence-corrected chi connectivity index (χ0v) is 15.4. The van der Waals surface area contributed by atoms with E-state index in [4.69, 9.17) is 9.51 Å². The van der Waals surface area contributed by atoms with E-state index in [1.165, 1.54) is 5.69 Å². The molecule has 6 heteroatoms. The second-order valence-electron chi connectivity index (χ2n) is 6.54. The molecule has 0 atom stereocenters. The highest BCUT2D eigenvalue weighted by molar-refractivity contribution is 5.94. The van der Waals surface area contributed by atoms with Crippen molar-refractivity contribution in [3.8, 4) is 11.3 Å². The summed E-state index contributed by atoms with van der Waals surface area (Å²) in [7, 11) is 2.07. The maximum Gasteiger partial charge on any atom is 0.143 e. The number of pyridine rings is 2. The Morgan fingerprint density at radius 2 is 1.88 bits per heavy atom. The van der Waals surface area contributed by atoms with Gasteiger partial charge in [-0.25, -0.2) is 4.98 Å². The molecule has 0 amide bonds. The third-order valence-corrected chi connectivity index (χ3v) is 4.78. The van der Waals surface area contributed by atoms with Gasteiger partial charge in [0.1, 0.15) is 11.6 Å². The van der Waals surface area contributed by atoms with Gasteiger partial charge in [-0.2, -0.15) is 0 Å². The van der Waals surface area contributed by atoms with Crippen molar-refractivity contribution >= 4 is 16.7 Å². The molecule has 0 aliphatic rings. The minimum absolute atomic E-state index is 0.684. The number of aromatic nitrogens is 4. The lowest BCUT2D eigenvalue weighted by Crippen LogP contribution is -2.03. The van der Waals surface area contributed by atoms with Crippen molar-refractivity contribution in [3.63, 3.8) is 0 Å². The van der Waals surface area contributed by atoms with Gasteiger partial charge in [0.2, 0.25) is 0 Å². The summed E-state index contributed by atoms with van der Waals surface area (Å²) in [6.07, 6.45) is 3.60. The van der Waals surface area contributed by atoms with Crippen LogP contribution in [0.2, 0.25) is 0 Å². The van der Waals surface area contributed by atoms with Gasteiger partial charge >= 0.3 is 0 Å². The maximum absolute atomic E-state index is 5.34. The molecule has 0 radical (unpaired) electrons. The maximum atomic E-state index is 5.34. The number of anilines is 1. The molecule has 4 heterocycles. The Hall–Kier alpha value is -3.15. The second-order valence-corrected chi connectivity index (χ2v) is 6.54. The molecule has 4 aromatic heterocycles. The van der Waals surface area contributed by atoms with Gasteiger partial charge in [0, 0.05) is 37.1 Å². The quantitative estimate of drug-likeness (QED) is 0.600. The van der Waals surface area contributed by atoms with E-state index in [1.54, 1.807) is 12.4 Å². The van der Waals surface area contributed by atoms with Crippen LogP contribution in [0.3, 0.4) is 0 Å². The van der Waals surface area contributed by atoms with Crippen LogP contribution in [-0.2, 0) is 13.6 Å².